The number of amides is 1. The fourth-order valence-electron chi connectivity index (χ4n) is 2.31. The van der Waals surface area contributed by atoms with Gasteiger partial charge in [0.1, 0.15) is 5.75 Å². The molecule has 0 unspecified atom stereocenters. The lowest BCUT2D eigenvalue weighted by Crippen LogP contribution is -2.15. The smallest absolute Gasteiger partial charge is 0.338 e. The molecule has 2 aromatic rings. The summed E-state index contributed by atoms with van der Waals surface area (Å²) < 4.78 is 10.1. The molecule has 0 atom stereocenters. The first kappa shape index (κ1) is 19.8. The Bertz CT molecular complexity index is 759. The van der Waals surface area contributed by atoms with Crippen LogP contribution >= 0.6 is 11.8 Å². The number of thioether (sulfide) groups is 1. The third kappa shape index (κ3) is 5.81. The van der Waals surface area contributed by atoms with Crippen molar-refractivity contribution in [3.63, 3.8) is 0 Å². The molecule has 0 aliphatic rings. The highest BCUT2D eigenvalue weighted by molar-refractivity contribution is 7.99. The molecule has 0 saturated carbocycles. The lowest BCUT2D eigenvalue weighted by molar-refractivity contribution is -0.113. The zero-order chi connectivity index (χ0) is 18.9. The number of anilines is 1. The Kier molecular flexibility index (Phi) is 7.53. The first-order chi connectivity index (χ1) is 12.5. The summed E-state index contributed by atoms with van der Waals surface area (Å²) in [5, 5.41) is 2.88. The van der Waals surface area contributed by atoms with E-state index in [2.05, 4.69) is 5.32 Å². The summed E-state index contributed by atoms with van der Waals surface area (Å²) in [5.41, 5.74) is 3.15. The van der Waals surface area contributed by atoms with Gasteiger partial charge in [0.05, 0.1) is 25.0 Å². The Morgan fingerprint density at radius 1 is 1.12 bits per heavy atom. The Labute approximate surface area is 158 Å². The van der Waals surface area contributed by atoms with Gasteiger partial charge in [-0.2, -0.15) is 0 Å². The highest BCUT2D eigenvalue weighted by atomic mass is 32.2. The van der Waals surface area contributed by atoms with Crippen molar-refractivity contribution in [2.45, 2.75) is 19.6 Å². The zero-order valence-corrected chi connectivity index (χ0v) is 16.0. The van der Waals surface area contributed by atoms with Gasteiger partial charge in [0, 0.05) is 11.4 Å². The van der Waals surface area contributed by atoms with E-state index < -0.39 is 0 Å². The third-order valence-electron chi connectivity index (χ3n) is 3.67. The maximum absolute atomic E-state index is 12.1. The number of carbonyl (C=O) groups excluding carboxylic acids is 2. The molecule has 0 saturated heterocycles. The van der Waals surface area contributed by atoms with E-state index in [0.717, 1.165) is 22.6 Å². The fourth-order valence-corrected chi connectivity index (χ4v) is 3.10. The van der Waals surface area contributed by atoms with Gasteiger partial charge in [0.25, 0.3) is 0 Å². The summed E-state index contributed by atoms with van der Waals surface area (Å²) in [6.45, 7) is 3.95. The van der Waals surface area contributed by atoms with E-state index in [4.69, 9.17) is 9.47 Å². The number of methoxy groups -OCH3 is 1. The molecule has 6 heteroatoms. The first-order valence-electron chi connectivity index (χ1n) is 8.31. The minimum Gasteiger partial charge on any atom is -0.497 e. The van der Waals surface area contributed by atoms with E-state index in [0.29, 0.717) is 23.6 Å². The van der Waals surface area contributed by atoms with Crippen molar-refractivity contribution in [1.82, 2.24) is 0 Å². The minimum absolute atomic E-state index is 0.0736. The molecule has 0 spiro atoms. The molecule has 1 N–H and O–H groups in total. The monoisotopic (exact) mass is 373 g/mol. The second-order valence-electron chi connectivity index (χ2n) is 5.64. The van der Waals surface area contributed by atoms with Gasteiger partial charge in [-0.3, -0.25) is 4.79 Å². The van der Waals surface area contributed by atoms with Crippen LogP contribution in [0.3, 0.4) is 0 Å². The number of esters is 1. The summed E-state index contributed by atoms with van der Waals surface area (Å²) in [5.74, 6) is 1.49. The van der Waals surface area contributed by atoms with Gasteiger partial charge in [-0.05, 0) is 55.3 Å². The van der Waals surface area contributed by atoms with Crippen LogP contribution in [0, 0.1) is 6.92 Å². The second-order valence-corrected chi connectivity index (χ2v) is 6.62. The molecule has 0 aliphatic carbocycles. The molecule has 0 heterocycles. The Morgan fingerprint density at radius 3 is 2.46 bits per heavy atom. The van der Waals surface area contributed by atoms with Crippen molar-refractivity contribution in [2.75, 3.05) is 24.8 Å². The quantitative estimate of drug-likeness (QED) is 0.707. The van der Waals surface area contributed by atoms with E-state index in [-0.39, 0.29) is 11.9 Å². The van der Waals surface area contributed by atoms with Gasteiger partial charge >= 0.3 is 5.97 Å². The maximum Gasteiger partial charge on any atom is 0.338 e. The highest BCUT2D eigenvalue weighted by Crippen LogP contribution is 2.19. The van der Waals surface area contributed by atoms with Gasteiger partial charge in [-0.25, -0.2) is 4.79 Å². The molecule has 0 aliphatic heterocycles. The number of rotatable bonds is 8. The van der Waals surface area contributed by atoms with Crippen LogP contribution in [0.5, 0.6) is 5.75 Å². The van der Waals surface area contributed by atoms with Crippen molar-refractivity contribution in [1.29, 1.82) is 0 Å². The van der Waals surface area contributed by atoms with Crippen LogP contribution in [0.25, 0.3) is 0 Å². The largest absolute Gasteiger partial charge is 0.497 e. The van der Waals surface area contributed by atoms with Crippen LogP contribution < -0.4 is 10.1 Å². The second kappa shape index (κ2) is 9.87. The first-order valence-corrected chi connectivity index (χ1v) is 9.47. The molecular formula is C20H23NO4S. The minimum atomic E-state index is -0.358. The Balaban J connectivity index is 1.84. The average molecular weight is 373 g/mol. The number of carbonyl (C=O) groups is 2. The summed E-state index contributed by atoms with van der Waals surface area (Å²) in [6.07, 6.45) is 0. The highest BCUT2D eigenvalue weighted by Gasteiger charge is 2.10. The predicted molar refractivity (Wildman–Crippen MR) is 105 cm³/mol. The number of aryl methyl sites for hydroxylation is 1. The molecule has 2 aromatic carbocycles. The molecule has 26 heavy (non-hydrogen) atoms. The maximum atomic E-state index is 12.1. The van der Waals surface area contributed by atoms with Crippen LogP contribution in [-0.4, -0.2) is 31.3 Å². The number of ether oxygens (including phenoxy) is 2. The Morgan fingerprint density at radius 2 is 1.85 bits per heavy atom. The SMILES string of the molecule is CCOC(=O)c1ccc(NC(=O)CSCc2ccc(OC)cc2)c(C)c1. The van der Waals surface area contributed by atoms with E-state index in [9.17, 15) is 9.59 Å². The van der Waals surface area contributed by atoms with Crippen LogP contribution in [0.1, 0.15) is 28.4 Å². The molecule has 0 fully saturated rings. The normalized spacial score (nSPS) is 10.3. The summed E-state index contributed by atoms with van der Waals surface area (Å²) in [4.78, 5) is 23.9. The van der Waals surface area contributed by atoms with Gasteiger partial charge in [0.2, 0.25) is 5.91 Å². The zero-order valence-electron chi connectivity index (χ0n) is 15.2. The van der Waals surface area contributed by atoms with Gasteiger partial charge in [0.15, 0.2) is 0 Å². The van der Waals surface area contributed by atoms with Gasteiger partial charge < -0.3 is 14.8 Å². The third-order valence-corrected chi connectivity index (χ3v) is 4.68. The summed E-state index contributed by atoms with van der Waals surface area (Å²) >= 11 is 1.54. The lowest BCUT2D eigenvalue weighted by Gasteiger charge is -2.10. The average Bonchev–Trinajstić information content (AvgIpc) is 2.64. The summed E-state index contributed by atoms with van der Waals surface area (Å²) in [7, 11) is 1.63. The van der Waals surface area contributed by atoms with Crippen molar-refractivity contribution in [3.8, 4) is 5.75 Å². The molecule has 0 radical (unpaired) electrons. The number of hydrogen-bond acceptors (Lipinski definition) is 5. The molecule has 0 bridgehead atoms. The molecule has 1 amide bonds. The lowest BCUT2D eigenvalue weighted by atomic mass is 10.1. The van der Waals surface area contributed by atoms with Crippen molar-refractivity contribution in [3.05, 3.63) is 59.2 Å². The van der Waals surface area contributed by atoms with Crippen LogP contribution in [0.2, 0.25) is 0 Å². The standard InChI is InChI=1S/C20H23NO4S/c1-4-25-20(23)16-7-10-18(14(2)11-16)21-19(22)13-26-12-15-5-8-17(24-3)9-6-15/h5-11H,4,12-13H2,1-3H3,(H,21,22). The van der Waals surface area contributed by atoms with Crippen LogP contribution in [0.15, 0.2) is 42.5 Å². The van der Waals surface area contributed by atoms with Crippen molar-refractivity contribution >= 4 is 29.3 Å². The van der Waals surface area contributed by atoms with Crippen LogP contribution in [0.4, 0.5) is 5.69 Å². The topological polar surface area (TPSA) is 64.6 Å². The predicted octanol–water partition coefficient (Wildman–Crippen LogP) is 4.05. The summed E-state index contributed by atoms with van der Waals surface area (Å²) in [6, 6.07) is 12.9. The van der Waals surface area contributed by atoms with E-state index in [1.54, 1.807) is 44.0 Å². The Hall–Kier alpha value is -2.47. The molecular weight excluding hydrogens is 350 g/mol. The molecule has 138 valence electrons. The molecule has 0 aromatic heterocycles. The van der Waals surface area contributed by atoms with E-state index in [1.807, 2.05) is 31.2 Å². The molecule has 2 rings (SSSR count). The van der Waals surface area contributed by atoms with E-state index >= 15 is 0 Å². The number of nitrogens with one attached hydrogen (secondary N) is 1. The van der Waals surface area contributed by atoms with E-state index in [1.165, 1.54) is 0 Å². The number of benzene rings is 2. The van der Waals surface area contributed by atoms with Crippen molar-refractivity contribution < 1.29 is 19.1 Å². The van der Waals surface area contributed by atoms with Gasteiger partial charge in [-0.1, -0.05) is 12.1 Å². The van der Waals surface area contributed by atoms with Crippen LogP contribution in [-0.2, 0) is 15.3 Å². The van der Waals surface area contributed by atoms with Crippen molar-refractivity contribution in [2.24, 2.45) is 0 Å². The number of hydrogen-bond donors (Lipinski definition) is 1. The fraction of sp³-hybridized carbons (Fsp3) is 0.300. The molecule has 5 nitrogen and oxygen atoms in total. The van der Waals surface area contributed by atoms with Gasteiger partial charge in [-0.15, -0.1) is 11.8 Å².